The number of aryl methyl sites for hydroxylation is 2. The van der Waals surface area contributed by atoms with Crippen molar-refractivity contribution in [3.05, 3.63) is 155 Å². The Morgan fingerprint density at radius 1 is 0.918 bits per heavy atom. The SMILES string of the molecule is CN=C(N)Nc1cccc(CCCC[C@H]2C=CC(O)=C[C@H]2C[C@@H]2CC(=O)CCc3ccc(OC)c(c3)OCc3ccc4c(c(O)ccc4c3)[C@H](Cc3ccccc3)C#CO2)c1. The first-order chi connectivity index (χ1) is 29.7. The third kappa shape index (κ3) is 11.5. The number of anilines is 1. The van der Waals surface area contributed by atoms with Gasteiger partial charge in [0.05, 0.1) is 13.0 Å². The number of methoxy groups -OCH3 is 1. The van der Waals surface area contributed by atoms with Crippen LogP contribution >= 0.6 is 0 Å². The molecule has 4 atom stereocenters. The summed E-state index contributed by atoms with van der Waals surface area (Å²) < 4.78 is 18.4. The maximum Gasteiger partial charge on any atom is 0.192 e. The molecule has 2 heterocycles. The largest absolute Gasteiger partial charge is 0.508 e. The van der Waals surface area contributed by atoms with Crippen LogP contribution < -0.4 is 20.5 Å². The Labute approximate surface area is 359 Å². The Bertz CT molecular complexity index is 2460. The number of aliphatic hydroxyl groups is 1. The lowest BCUT2D eigenvalue weighted by Crippen LogP contribution is -2.24. The molecule has 5 aromatic rings. The summed E-state index contributed by atoms with van der Waals surface area (Å²) in [5.41, 5.74) is 11.7. The van der Waals surface area contributed by atoms with Crippen LogP contribution in [0.4, 0.5) is 5.69 Å². The molecule has 5 aromatic carbocycles. The quantitative estimate of drug-likeness (QED) is 0.0448. The van der Waals surface area contributed by atoms with Crippen LogP contribution in [0.2, 0.25) is 0 Å². The molecule has 0 radical (unpaired) electrons. The topological polar surface area (TPSA) is 136 Å². The smallest absolute Gasteiger partial charge is 0.192 e. The number of ether oxygens (including phenoxy) is 3. The van der Waals surface area contributed by atoms with Gasteiger partial charge in [-0.2, -0.15) is 0 Å². The Hall–Kier alpha value is -6.66. The normalized spacial score (nSPS) is 19.4. The van der Waals surface area contributed by atoms with Gasteiger partial charge in [0.25, 0.3) is 0 Å². The number of aromatic hydroxyl groups is 1. The van der Waals surface area contributed by atoms with Crippen LogP contribution in [0.5, 0.6) is 17.2 Å². The first-order valence-electron chi connectivity index (χ1n) is 21.2. The molecule has 0 amide bonds. The molecule has 9 heteroatoms. The molecule has 314 valence electrons. The summed E-state index contributed by atoms with van der Waals surface area (Å²) in [4.78, 5) is 17.8. The van der Waals surface area contributed by atoms with Gasteiger partial charge in [-0.3, -0.25) is 9.79 Å². The predicted molar refractivity (Wildman–Crippen MR) is 243 cm³/mol. The number of rotatable bonds is 11. The number of allylic oxidation sites excluding steroid dienone is 3. The van der Waals surface area contributed by atoms with Gasteiger partial charge in [0.15, 0.2) is 17.5 Å². The molecule has 8 rings (SSSR count). The van der Waals surface area contributed by atoms with E-state index in [9.17, 15) is 15.0 Å². The number of phenols is 1. The molecule has 0 fully saturated rings. The number of phenolic OH excluding ortho intramolecular Hbond substituents is 1. The molecule has 0 saturated heterocycles. The van der Waals surface area contributed by atoms with Crippen LogP contribution in [0.3, 0.4) is 0 Å². The summed E-state index contributed by atoms with van der Waals surface area (Å²) in [7, 11) is 3.27. The van der Waals surface area contributed by atoms with Gasteiger partial charge in [-0.05, 0) is 132 Å². The van der Waals surface area contributed by atoms with Crippen LogP contribution in [0.25, 0.3) is 10.8 Å². The number of aliphatic imine (C=N–C) groups is 1. The van der Waals surface area contributed by atoms with Crippen LogP contribution in [0.15, 0.2) is 132 Å². The molecule has 6 bridgehead atoms. The second-order valence-electron chi connectivity index (χ2n) is 16.0. The number of guanidine groups is 1. The Kier molecular flexibility index (Phi) is 14.3. The highest BCUT2D eigenvalue weighted by molar-refractivity contribution is 5.92. The lowest BCUT2D eigenvalue weighted by atomic mass is 9.80. The fourth-order valence-electron chi connectivity index (χ4n) is 8.41. The van der Waals surface area contributed by atoms with E-state index in [2.05, 4.69) is 58.7 Å². The first-order valence-corrected chi connectivity index (χ1v) is 21.2. The molecule has 0 saturated carbocycles. The van der Waals surface area contributed by atoms with Crippen LogP contribution in [0.1, 0.15) is 72.3 Å². The third-order valence-electron chi connectivity index (χ3n) is 11.6. The number of hydrogen-bond donors (Lipinski definition) is 4. The minimum absolute atomic E-state index is 0.0589. The zero-order valence-electron chi connectivity index (χ0n) is 35.0. The van der Waals surface area contributed by atoms with E-state index in [1.54, 1.807) is 26.3 Å². The number of nitrogens with one attached hydrogen (secondary N) is 1. The maximum absolute atomic E-state index is 13.8. The molecule has 1 aliphatic carbocycles. The second kappa shape index (κ2) is 20.5. The summed E-state index contributed by atoms with van der Waals surface area (Å²) in [6, 6.07) is 33.9. The number of aliphatic hydroxyl groups excluding tert-OH is 1. The maximum atomic E-state index is 13.8. The van der Waals surface area contributed by atoms with E-state index in [0.717, 1.165) is 64.4 Å². The van der Waals surface area contributed by atoms with Crippen molar-refractivity contribution >= 4 is 28.2 Å². The minimum Gasteiger partial charge on any atom is -0.508 e. The molecular formula is C52H55N3O6. The van der Waals surface area contributed by atoms with Gasteiger partial charge in [-0.15, -0.1) is 0 Å². The zero-order chi connectivity index (χ0) is 42.6. The van der Waals surface area contributed by atoms with Gasteiger partial charge in [0.2, 0.25) is 0 Å². The number of carbonyl (C=O) groups excluding carboxylic acids is 1. The average Bonchev–Trinajstić information content (AvgIpc) is 3.27. The van der Waals surface area contributed by atoms with Crippen molar-refractivity contribution in [2.24, 2.45) is 22.6 Å². The Morgan fingerprint density at radius 3 is 2.59 bits per heavy atom. The van der Waals surface area contributed by atoms with Crippen molar-refractivity contribution in [2.75, 3.05) is 19.5 Å². The number of benzene rings is 5. The predicted octanol–water partition coefficient (Wildman–Crippen LogP) is 10.1. The van der Waals surface area contributed by atoms with Crippen molar-refractivity contribution in [1.82, 2.24) is 0 Å². The number of nitrogens with two attached hydrogens (primary N) is 1. The number of fused-ring (bicyclic) bond motifs is 9. The lowest BCUT2D eigenvalue weighted by Gasteiger charge is -2.28. The Morgan fingerprint density at radius 2 is 1.75 bits per heavy atom. The van der Waals surface area contributed by atoms with E-state index in [0.29, 0.717) is 49.7 Å². The highest BCUT2D eigenvalue weighted by Crippen LogP contribution is 2.37. The van der Waals surface area contributed by atoms with Crippen LogP contribution in [0, 0.1) is 23.9 Å². The molecule has 0 aromatic heterocycles. The van der Waals surface area contributed by atoms with Crippen molar-refractivity contribution < 1.29 is 29.2 Å². The number of hydrogen-bond acceptors (Lipinski definition) is 7. The van der Waals surface area contributed by atoms with Gasteiger partial charge in [-0.25, -0.2) is 0 Å². The molecular weight excluding hydrogens is 763 g/mol. The first kappa shape index (κ1) is 42.5. The molecule has 2 aliphatic heterocycles. The van der Waals surface area contributed by atoms with Gasteiger partial charge < -0.3 is 35.5 Å². The van der Waals surface area contributed by atoms with Crippen LogP contribution in [-0.4, -0.2) is 42.2 Å². The summed E-state index contributed by atoms with van der Waals surface area (Å²) in [5.74, 6) is 5.07. The molecule has 3 aliphatic rings. The van der Waals surface area contributed by atoms with E-state index in [1.807, 2.05) is 72.8 Å². The van der Waals surface area contributed by atoms with Gasteiger partial charge in [-0.1, -0.05) is 85.1 Å². The van der Waals surface area contributed by atoms with E-state index >= 15 is 0 Å². The Balaban J connectivity index is 1.15. The van der Waals surface area contributed by atoms with Crippen LogP contribution in [-0.2, 0) is 35.4 Å². The summed E-state index contributed by atoms with van der Waals surface area (Å²) >= 11 is 0. The van der Waals surface area contributed by atoms with Crippen molar-refractivity contribution in [2.45, 2.75) is 76.4 Å². The molecule has 5 N–H and O–H groups in total. The van der Waals surface area contributed by atoms with Crippen molar-refractivity contribution in [3.63, 3.8) is 0 Å². The van der Waals surface area contributed by atoms with Gasteiger partial charge in [0, 0.05) is 31.1 Å². The number of ketones is 1. The van der Waals surface area contributed by atoms with E-state index in [4.69, 9.17) is 19.9 Å². The third-order valence-corrected chi connectivity index (χ3v) is 11.6. The summed E-state index contributed by atoms with van der Waals surface area (Å²) in [6.45, 7) is 0.311. The van der Waals surface area contributed by atoms with Gasteiger partial charge >= 0.3 is 0 Å². The zero-order valence-corrected chi connectivity index (χ0v) is 35.0. The van der Waals surface area contributed by atoms with E-state index in [-0.39, 0.29) is 35.5 Å². The standard InChI is InChI=1S/C52H55N3O6/c1-54-52(53)55-43-14-8-12-36(29-43)11-6-7-13-39-18-21-44(56)31-42(39)32-46-33-45(57)20-15-37-17-24-49(59-2)50(30-37)61-34-38-16-22-47-40(28-38)19-23-48(58)51(47)41(25-26-60-46)27-35-9-4-3-5-10-35/h3-5,8-10,12,14,16-19,21-24,28-31,39,41-42,46,56,58H,6-7,11,13,15,20,27,32-34H2,1-2H3,(H3,53,54,55)/t39-,41-,42-,46+/m0/s1. The fourth-order valence-corrected chi connectivity index (χ4v) is 8.41. The molecule has 61 heavy (non-hydrogen) atoms. The highest BCUT2D eigenvalue weighted by Gasteiger charge is 2.27. The molecule has 9 nitrogen and oxygen atoms in total. The van der Waals surface area contributed by atoms with Crippen molar-refractivity contribution in [1.29, 1.82) is 0 Å². The average molecular weight is 818 g/mol. The number of Topliss-reactive ketones (excluding diaryl/α,β-unsaturated/α-hetero) is 1. The number of unbranched alkanes of at least 4 members (excludes halogenated alkanes) is 1. The highest BCUT2D eigenvalue weighted by atomic mass is 16.5. The van der Waals surface area contributed by atoms with Crippen molar-refractivity contribution in [3.8, 4) is 29.3 Å². The fraction of sp³-hybridized carbons (Fsp3) is 0.308. The summed E-state index contributed by atoms with van der Waals surface area (Å²) in [6.07, 6.45) is 14.1. The summed E-state index contributed by atoms with van der Waals surface area (Å²) in [5, 5.41) is 27.1. The molecule has 0 spiro atoms. The number of nitrogens with zero attached hydrogens (tertiary/aromatic N) is 1. The van der Waals surface area contributed by atoms with Gasteiger partial charge in [0.1, 0.15) is 36.1 Å². The lowest BCUT2D eigenvalue weighted by molar-refractivity contribution is -0.121. The number of carbonyl (C=O) groups is 1. The van der Waals surface area contributed by atoms with E-state index in [1.165, 1.54) is 5.56 Å². The molecule has 0 unspecified atom stereocenters. The van der Waals surface area contributed by atoms with E-state index < -0.39 is 12.0 Å². The minimum atomic E-state index is -0.532. The monoisotopic (exact) mass is 817 g/mol. The second-order valence-corrected chi connectivity index (χ2v) is 16.0.